The van der Waals surface area contributed by atoms with Gasteiger partial charge in [-0.25, -0.2) is 9.69 Å². The Bertz CT molecular complexity index is 1380. The standard InChI is InChI=1S/C30H33NO6S/c1-21-10-16-27(17-11-21)38(34,35)36-20-25-19-26(31(28(25)32)29(33)37-30(2,3)4)18-22-12-14-24(15-13-22)23-8-6-5-7-9-23/h5-17,25-26H,18-20H2,1-4H3/t25-,26+/m0/s1. The zero-order valence-corrected chi connectivity index (χ0v) is 22.9. The van der Waals surface area contributed by atoms with E-state index in [2.05, 4.69) is 0 Å². The minimum atomic E-state index is -4.05. The number of likely N-dealkylation sites (tertiary alicyclic amines) is 1. The molecule has 0 saturated carbocycles. The zero-order chi connectivity index (χ0) is 27.5. The Morgan fingerprint density at radius 3 is 2.13 bits per heavy atom. The molecule has 3 aromatic rings. The lowest BCUT2D eigenvalue weighted by Crippen LogP contribution is -2.43. The number of hydrogen-bond acceptors (Lipinski definition) is 6. The summed E-state index contributed by atoms with van der Waals surface area (Å²) >= 11 is 0. The zero-order valence-electron chi connectivity index (χ0n) is 22.1. The van der Waals surface area contributed by atoms with Crippen LogP contribution in [0.25, 0.3) is 11.1 Å². The fraction of sp³-hybridized carbons (Fsp3) is 0.333. The number of carbonyl (C=O) groups excluding carboxylic acids is 2. The Morgan fingerprint density at radius 1 is 0.921 bits per heavy atom. The van der Waals surface area contributed by atoms with Gasteiger partial charge in [-0.2, -0.15) is 8.42 Å². The first-order valence-corrected chi connectivity index (χ1v) is 14.0. The van der Waals surface area contributed by atoms with Crippen molar-refractivity contribution in [2.24, 2.45) is 5.92 Å². The van der Waals surface area contributed by atoms with Gasteiger partial charge in [0.2, 0.25) is 5.91 Å². The van der Waals surface area contributed by atoms with Crippen molar-refractivity contribution in [3.63, 3.8) is 0 Å². The Hall–Kier alpha value is -3.49. The molecule has 0 aliphatic carbocycles. The Balaban J connectivity index is 1.51. The van der Waals surface area contributed by atoms with E-state index in [4.69, 9.17) is 8.92 Å². The van der Waals surface area contributed by atoms with Crippen LogP contribution in [-0.2, 0) is 30.3 Å². The van der Waals surface area contributed by atoms with E-state index in [1.54, 1.807) is 32.9 Å². The lowest BCUT2D eigenvalue weighted by Gasteiger charge is -2.27. The van der Waals surface area contributed by atoms with Crippen LogP contribution in [0.3, 0.4) is 0 Å². The topological polar surface area (TPSA) is 90.0 Å². The molecule has 8 heteroatoms. The highest BCUT2D eigenvalue weighted by Gasteiger charge is 2.45. The summed E-state index contributed by atoms with van der Waals surface area (Å²) in [6.07, 6.45) is -0.0549. The molecule has 0 radical (unpaired) electrons. The minimum absolute atomic E-state index is 0.0209. The molecule has 3 aromatic carbocycles. The molecule has 0 spiro atoms. The highest BCUT2D eigenvalue weighted by molar-refractivity contribution is 7.86. The molecule has 2 atom stereocenters. The largest absolute Gasteiger partial charge is 0.443 e. The third-order valence-electron chi connectivity index (χ3n) is 6.37. The third kappa shape index (κ3) is 6.68. The van der Waals surface area contributed by atoms with Crippen LogP contribution >= 0.6 is 0 Å². The molecule has 4 rings (SSSR count). The summed E-state index contributed by atoms with van der Waals surface area (Å²) in [6.45, 7) is 6.71. The van der Waals surface area contributed by atoms with Gasteiger partial charge < -0.3 is 4.74 Å². The molecule has 200 valence electrons. The van der Waals surface area contributed by atoms with Crippen molar-refractivity contribution in [2.75, 3.05) is 6.61 Å². The van der Waals surface area contributed by atoms with E-state index in [1.165, 1.54) is 12.1 Å². The van der Waals surface area contributed by atoms with Crippen LogP contribution in [0.2, 0.25) is 0 Å². The van der Waals surface area contributed by atoms with Gasteiger partial charge in [-0.15, -0.1) is 0 Å². The summed E-state index contributed by atoms with van der Waals surface area (Å²) in [5, 5.41) is 0. The lowest BCUT2D eigenvalue weighted by atomic mass is 9.98. The normalized spacial score (nSPS) is 18.0. The van der Waals surface area contributed by atoms with Gasteiger partial charge in [-0.05, 0) is 69.4 Å². The van der Waals surface area contributed by atoms with Crippen LogP contribution in [-0.4, -0.2) is 43.6 Å². The number of nitrogens with zero attached hydrogens (tertiary/aromatic N) is 1. The van der Waals surface area contributed by atoms with Crippen molar-refractivity contribution >= 4 is 22.1 Å². The van der Waals surface area contributed by atoms with Gasteiger partial charge >= 0.3 is 6.09 Å². The van der Waals surface area contributed by atoms with Crippen LogP contribution < -0.4 is 0 Å². The molecule has 1 saturated heterocycles. The quantitative estimate of drug-likeness (QED) is 0.357. The van der Waals surface area contributed by atoms with Crippen LogP contribution in [0.1, 0.15) is 38.3 Å². The molecule has 38 heavy (non-hydrogen) atoms. The number of carbonyl (C=O) groups is 2. The van der Waals surface area contributed by atoms with Crippen LogP contribution in [0.15, 0.2) is 83.8 Å². The van der Waals surface area contributed by atoms with Gasteiger partial charge in [0.05, 0.1) is 17.4 Å². The van der Waals surface area contributed by atoms with Crippen LogP contribution in [0.4, 0.5) is 4.79 Å². The highest BCUT2D eigenvalue weighted by atomic mass is 32.2. The second kappa shape index (κ2) is 11.1. The monoisotopic (exact) mass is 535 g/mol. The number of rotatable bonds is 7. The maximum atomic E-state index is 13.3. The van der Waals surface area contributed by atoms with Crippen molar-refractivity contribution in [2.45, 2.75) is 57.1 Å². The predicted octanol–water partition coefficient (Wildman–Crippen LogP) is 5.76. The van der Waals surface area contributed by atoms with Gasteiger partial charge in [0.25, 0.3) is 10.1 Å². The summed E-state index contributed by atoms with van der Waals surface area (Å²) in [7, 11) is -4.05. The van der Waals surface area contributed by atoms with Gasteiger partial charge in [0.15, 0.2) is 0 Å². The van der Waals surface area contributed by atoms with Crippen molar-refractivity contribution in [3.05, 3.63) is 90.0 Å². The number of amides is 2. The maximum Gasteiger partial charge on any atom is 0.417 e. The first-order valence-electron chi connectivity index (χ1n) is 12.6. The fourth-order valence-corrected chi connectivity index (χ4v) is 5.40. The molecule has 0 N–H and O–H groups in total. The molecule has 1 aliphatic rings. The molecule has 1 heterocycles. The van der Waals surface area contributed by atoms with Crippen molar-refractivity contribution in [3.8, 4) is 11.1 Å². The van der Waals surface area contributed by atoms with Crippen LogP contribution in [0, 0.1) is 12.8 Å². The average Bonchev–Trinajstić information content (AvgIpc) is 3.18. The molecule has 0 aromatic heterocycles. The minimum Gasteiger partial charge on any atom is -0.443 e. The molecular weight excluding hydrogens is 502 g/mol. The maximum absolute atomic E-state index is 13.3. The SMILES string of the molecule is Cc1ccc(S(=O)(=O)OC[C@@H]2C[C@@H](Cc3ccc(-c4ccccc4)cc3)N(C(=O)OC(C)(C)C)C2=O)cc1. The first-order chi connectivity index (χ1) is 17.9. The fourth-order valence-electron chi connectivity index (χ4n) is 4.46. The van der Waals surface area contributed by atoms with Gasteiger partial charge in [-0.3, -0.25) is 8.98 Å². The average molecular weight is 536 g/mol. The molecule has 0 unspecified atom stereocenters. The third-order valence-corrected chi connectivity index (χ3v) is 7.66. The molecule has 1 fully saturated rings. The second-order valence-corrected chi connectivity index (χ2v) is 12.2. The molecule has 1 aliphatic heterocycles. The Labute approximate surface area is 224 Å². The number of hydrogen-bond donors (Lipinski definition) is 0. The summed E-state index contributed by atoms with van der Waals surface area (Å²) in [5.74, 6) is -1.29. The molecule has 7 nitrogen and oxygen atoms in total. The van der Waals surface area contributed by atoms with E-state index in [9.17, 15) is 18.0 Å². The first kappa shape index (κ1) is 27.5. The Kier molecular flexibility index (Phi) is 8.04. The van der Waals surface area contributed by atoms with E-state index in [-0.39, 0.29) is 17.9 Å². The summed E-state index contributed by atoms with van der Waals surface area (Å²) < 4.78 is 36.2. The summed E-state index contributed by atoms with van der Waals surface area (Å²) in [6, 6.07) is 23.8. The molecular formula is C30H33NO6S. The number of aryl methyl sites for hydroxylation is 1. The van der Waals surface area contributed by atoms with Crippen molar-refractivity contribution in [1.29, 1.82) is 0 Å². The highest BCUT2D eigenvalue weighted by Crippen LogP contribution is 2.31. The smallest absolute Gasteiger partial charge is 0.417 e. The van der Waals surface area contributed by atoms with E-state index in [1.807, 2.05) is 61.5 Å². The number of imide groups is 1. The van der Waals surface area contributed by atoms with Gasteiger partial charge in [0, 0.05) is 6.04 Å². The predicted molar refractivity (Wildman–Crippen MR) is 145 cm³/mol. The summed E-state index contributed by atoms with van der Waals surface area (Å²) in [4.78, 5) is 27.5. The lowest BCUT2D eigenvalue weighted by molar-refractivity contribution is -0.131. The van der Waals surface area contributed by atoms with E-state index < -0.39 is 39.7 Å². The van der Waals surface area contributed by atoms with E-state index >= 15 is 0 Å². The summed E-state index contributed by atoms with van der Waals surface area (Å²) in [5.41, 5.74) is 3.24. The number of ether oxygens (including phenoxy) is 1. The van der Waals surface area contributed by atoms with E-state index in [0.29, 0.717) is 6.42 Å². The number of benzene rings is 3. The van der Waals surface area contributed by atoms with Gasteiger partial charge in [0.1, 0.15) is 5.60 Å². The van der Waals surface area contributed by atoms with E-state index in [0.717, 1.165) is 27.2 Å². The van der Waals surface area contributed by atoms with Gasteiger partial charge in [-0.1, -0.05) is 72.3 Å². The van der Waals surface area contributed by atoms with Crippen molar-refractivity contribution in [1.82, 2.24) is 4.90 Å². The van der Waals surface area contributed by atoms with Crippen LogP contribution in [0.5, 0.6) is 0 Å². The Morgan fingerprint density at radius 2 is 1.53 bits per heavy atom. The second-order valence-electron chi connectivity index (χ2n) is 10.6. The van der Waals surface area contributed by atoms with Crippen molar-refractivity contribution < 1.29 is 26.9 Å². The molecule has 2 amide bonds. The molecule has 0 bridgehead atoms.